The summed E-state index contributed by atoms with van der Waals surface area (Å²) in [6.07, 6.45) is -0.216. The van der Waals surface area contributed by atoms with Gasteiger partial charge in [0, 0.05) is 12.8 Å². The molecule has 7 heteroatoms. The largest absolute Gasteiger partial charge is 0.461 e. The predicted octanol–water partition coefficient (Wildman–Crippen LogP) is 1.36. The second kappa shape index (κ2) is 7.53. The summed E-state index contributed by atoms with van der Waals surface area (Å²) in [7, 11) is 0. The zero-order chi connectivity index (χ0) is 16.8. The number of hydroxylamine groups is 2. The number of nitrogens with zero attached hydrogens (tertiary/aromatic N) is 1. The Hall–Kier alpha value is -2.70. The third-order valence-electron chi connectivity index (χ3n) is 3.30. The van der Waals surface area contributed by atoms with Gasteiger partial charge in [-0.1, -0.05) is 37.3 Å². The van der Waals surface area contributed by atoms with Crippen molar-refractivity contribution in [3.05, 3.63) is 35.9 Å². The zero-order valence-corrected chi connectivity index (χ0v) is 12.7. The van der Waals surface area contributed by atoms with Crippen LogP contribution in [0.2, 0.25) is 0 Å². The second-order valence-corrected chi connectivity index (χ2v) is 5.24. The van der Waals surface area contributed by atoms with Crippen LogP contribution in [0.4, 0.5) is 0 Å². The molecule has 1 fully saturated rings. The highest BCUT2D eigenvalue weighted by atomic mass is 16.7. The Morgan fingerprint density at radius 3 is 2.35 bits per heavy atom. The Labute approximate surface area is 133 Å². The molecule has 2 amide bonds. The summed E-state index contributed by atoms with van der Waals surface area (Å²) in [6.45, 7) is 1.63. The lowest BCUT2D eigenvalue weighted by Crippen LogP contribution is -2.33. The number of benzene rings is 1. The van der Waals surface area contributed by atoms with Crippen molar-refractivity contribution < 1.29 is 28.8 Å². The average molecular weight is 319 g/mol. The lowest BCUT2D eigenvalue weighted by Gasteiger charge is -2.14. The Morgan fingerprint density at radius 1 is 1.13 bits per heavy atom. The monoisotopic (exact) mass is 319 g/mol. The minimum absolute atomic E-state index is 0.0286. The number of ether oxygens (including phenoxy) is 1. The Kier molecular flexibility index (Phi) is 5.46. The molecule has 1 aromatic carbocycles. The molecule has 1 saturated heterocycles. The van der Waals surface area contributed by atoms with Crippen LogP contribution in [0.5, 0.6) is 0 Å². The van der Waals surface area contributed by atoms with Crippen LogP contribution in [0, 0.1) is 5.92 Å². The number of carbonyl (C=O) groups excluding carboxylic acids is 4. The average Bonchev–Trinajstić information content (AvgIpc) is 2.85. The van der Waals surface area contributed by atoms with Crippen LogP contribution < -0.4 is 0 Å². The molecule has 2 rings (SSSR count). The number of imide groups is 1. The van der Waals surface area contributed by atoms with Gasteiger partial charge in [-0.2, -0.15) is 0 Å². The van der Waals surface area contributed by atoms with Gasteiger partial charge in [0.05, 0.1) is 12.3 Å². The van der Waals surface area contributed by atoms with Crippen LogP contribution in [0.15, 0.2) is 30.3 Å². The van der Waals surface area contributed by atoms with Crippen molar-refractivity contribution in [3.8, 4) is 0 Å². The van der Waals surface area contributed by atoms with Crippen molar-refractivity contribution in [3.63, 3.8) is 0 Å². The standard InChI is InChI=1S/C16H17NO6/c1-11(16(21)22-10-12-5-3-2-4-6-12)9-15(20)23-17-13(18)7-8-14(17)19/h2-6,11H,7-10H2,1H3/t11-/m0/s1. The molecular weight excluding hydrogens is 302 g/mol. The van der Waals surface area contributed by atoms with Crippen molar-refractivity contribution >= 4 is 23.8 Å². The molecule has 0 N–H and O–H groups in total. The van der Waals surface area contributed by atoms with Gasteiger partial charge in [0.1, 0.15) is 6.61 Å². The summed E-state index contributed by atoms with van der Waals surface area (Å²) in [5.74, 6) is -3.22. The number of hydrogen-bond donors (Lipinski definition) is 0. The Balaban J connectivity index is 1.77. The van der Waals surface area contributed by atoms with E-state index in [-0.39, 0.29) is 25.9 Å². The lowest BCUT2D eigenvalue weighted by molar-refractivity contribution is -0.198. The van der Waals surface area contributed by atoms with Crippen LogP contribution in [-0.4, -0.2) is 28.8 Å². The van der Waals surface area contributed by atoms with E-state index in [1.165, 1.54) is 6.92 Å². The third kappa shape index (κ3) is 4.64. The van der Waals surface area contributed by atoms with E-state index >= 15 is 0 Å². The molecule has 0 aliphatic carbocycles. The van der Waals surface area contributed by atoms with Crippen LogP contribution in [0.3, 0.4) is 0 Å². The van der Waals surface area contributed by atoms with Crippen LogP contribution >= 0.6 is 0 Å². The van der Waals surface area contributed by atoms with Gasteiger partial charge in [-0.15, -0.1) is 5.06 Å². The minimum atomic E-state index is -0.822. The highest BCUT2D eigenvalue weighted by molar-refractivity contribution is 6.01. The molecule has 1 atom stereocenters. The van der Waals surface area contributed by atoms with Gasteiger partial charge in [0.15, 0.2) is 0 Å². The molecule has 23 heavy (non-hydrogen) atoms. The van der Waals surface area contributed by atoms with E-state index in [0.29, 0.717) is 5.06 Å². The molecule has 0 saturated carbocycles. The number of carbonyl (C=O) groups is 4. The van der Waals surface area contributed by atoms with Crippen molar-refractivity contribution in [2.24, 2.45) is 5.92 Å². The van der Waals surface area contributed by atoms with Gasteiger partial charge in [-0.05, 0) is 5.56 Å². The first-order valence-electron chi connectivity index (χ1n) is 7.24. The molecule has 1 aliphatic rings. The molecule has 0 aromatic heterocycles. The fraction of sp³-hybridized carbons (Fsp3) is 0.375. The van der Waals surface area contributed by atoms with E-state index in [2.05, 4.69) is 0 Å². The molecule has 0 unspecified atom stereocenters. The Bertz CT molecular complexity index is 596. The maximum Gasteiger partial charge on any atom is 0.334 e. The summed E-state index contributed by atoms with van der Waals surface area (Å²) in [5, 5.41) is 0.463. The summed E-state index contributed by atoms with van der Waals surface area (Å²) < 4.78 is 5.11. The topological polar surface area (TPSA) is 90.0 Å². The van der Waals surface area contributed by atoms with Crippen LogP contribution in [0.1, 0.15) is 31.7 Å². The molecular formula is C16H17NO6. The van der Waals surface area contributed by atoms with E-state index in [0.717, 1.165) is 5.56 Å². The number of amides is 2. The van der Waals surface area contributed by atoms with Gasteiger partial charge in [0.2, 0.25) is 0 Å². The second-order valence-electron chi connectivity index (χ2n) is 5.24. The predicted molar refractivity (Wildman–Crippen MR) is 77.2 cm³/mol. The maximum atomic E-state index is 11.8. The van der Waals surface area contributed by atoms with E-state index in [4.69, 9.17) is 9.57 Å². The SMILES string of the molecule is C[C@@H](CC(=O)ON1C(=O)CCC1=O)C(=O)OCc1ccccc1. The lowest BCUT2D eigenvalue weighted by atomic mass is 10.1. The Morgan fingerprint density at radius 2 is 1.74 bits per heavy atom. The summed E-state index contributed by atoms with van der Waals surface area (Å²) >= 11 is 0. The molecule has 1 aromatic rings. The van der Waals surface area contributed by atoms with E-state index in [1.54, 1.807) is 0 Å². The summed E-state index contributed by atoms with van der Waals surface area (Å²) in [5.41, 5.74) is 0.837. The summed E-state index contributed by atoms with van der Waals surface area (Å²) in [6, 6.07) is 9.14. The summed E-state index contributed by atoms with van der Waals surface area (Å²) in [4.78, 5) is 50.9. The molecule has 7 nitrogen and oxygen atoms in total. The fourth-order valence-corrected chi connectivity index (χ4v) is 2.00. The molecule has 122 valence electrons. The van der Waals surface area contributed by atoms with Gasteiger partial charge < -0.3 is 9.57 Å². The molecule has 1 aliphatic heterocycles. The van der Waals surface area contributed by atoms with Gasteiger partial charge in [-0.3, -0.25) is 14.4 Å². The highest BCUT2D eigenvalue weighted by Gasteiger charge is 2.33. The molecule has 0 spiro atoms. The van der Waals surface area contributed by atoms with Gasteiger partial charge in [-0.25, -0.2) is 4.79 Å². The van der Waals surface area contributed by atoms with E-state index in [9.17, 15) is 19.2 Å². The van der Waals surface area contributed by atoms with Crippen molar-refractivity contribution in [1.29, 1.82) is 0 Å². The van der Waals surface area contributed by atoms with E-state index < -0.39 is 29.7 Å². The van der Waals surface area contributed by atoms with Gasteiger partial charge >= 0.3 is 11.9 Å². The smallest absolute Gasteiger partial charge is 0.334 e. The minimum Gasteiger partial charge on any atom is -0.461 e. The molecule has 1 heterocycles. The quantitative estimate of drug-likeness (QED) is 0.581. The normalized spacial score (nSPS) is 15.4. The number of hydrogen-bond acceptors (Lipinski definition) is 6. The molecule has 0 bridgehead atoms. The van der Waals surface area contributed by atoms with E-state index in [1.807, 2.05) is 30.3 Å². The molecule has 0 radical (unpaired) electrons. The maximum absolute atomic E-state index is 11.8. The number of rotatable bonds is 6. The van der Waals surface area contributed by atoms with Crippen molar-refractivity contribution in [2.45, 2.75) is 32.8 Å². The number of esters is 1. The third-order valence-corrected chi connectivity index (χ3v) is 3.30. The first-order chi connectivity index (χ1) is 11.0. The first-order valence-corrected chi connectivity index (χ1v) is 7.24. The van der Waals surface area contributed by atoms with Crippen molar-refractivity contribution in [1.82, 2.24) is 5.06 Å². The van der Waals surface area contributed by atoms with Crippen molar-refractivity contribution in [2.75, 3.05) is 0 Å². The highest BCUT2D eigenvalue weighted by Crippen LogP contribution is 2.15. The first kappa shape index (κ1) is 16.7. The van der Waals surface area contributed by atoms with Crippen LogP contribution in [-0.2, 0) is 35.4 Å². The van der Waals surface area contributed by atoms with Gasteiger partial charge in [0.25, 0.3) is 11.8 Å². The van der Waals surface area contributed by atoms with Crippen LogP contribution in [0.25, 0.3) is 0 Å². The fourth-order valence-electron chi connectivity index (χ4n) is 2.00. The zero-order valence-electron chi connectivity index (χ0n) is 12.7.